The molecule has 3 nitrogen and oxygen atoms in total. The number of rotatable bonds is 7. The summed E-state index contributed by atoms with van der Waals surface area (Å²) in [7, 11) is 0. The Morgan fingerprint density at radius 1 is 1.25 bits per heavy atom. The summed E-state index contributed by atoms with van der Waals surface area (Å²) >= 11 is 0. The molecular formula is C13H22N2O. The second-order valence-corrected chi connectivity index (χ2v) is 4.22. The van der Waals surface area contributed by atoms with Crippen molar-refractivity contribution < 1.29 is 5.11 Å². The molecule has 0 saturated heterocycles. The maximum Gasteiger partial charge on any atom is 0.115 e. The second kappa shape index (κ2) is 7.25. The van der Waals surface area contributed by atoms with E-state index in [0.717, 1.165) is 32.4 Å². The number of benzene rings is 1. The normalized spacial score (nSPS) is 12.6. The molecule has 0 spiro atoms. The van der Waals surface area contributed by atoms with Gasteiger partial charge in [0.05, 0.1) is 0 Å². The lowest BCUT2D eigenvalue weighted by atomic mass is 10.1. The van der Waals surface area contributed by atoms with Crippen LogP contribution in [0, 0.1) is 0 Å². The number of aromatic hydroxyl groups is 1. The van der Waals surface area contributed by atoms with Crippen molar-refractivity contribution in [2.24, 2.45) is 5.73 Å². The molecule has 0 aliphatic heterocycles. The van der Waals surface area contributed by atoms with Crippen LogP contribution in [0.5, 0.6) is 5.75 Å². The van der Waals surface area contributed by atoms with Crippen molar-refractivity contribution in [3.05, 3.63) is 29.8 Å². The first kappa shape index (κ1) is 13.0. The van der Waals surface area contributed by atoms with E-state index in [9.17, 15) is 0 Å². The fourth-order valence-corrected chi connectivity index (χ4v) is 1.68. The summed E-state index contributed by atoms with van der Waals surface area (Å²) in [6.45, 7) is 3.97. The van der Waals surface area contributed by atoms with Gasteiger partial charge in [0.25, 0.3) is 0 Å². The monoisotopic (exact) mass is 222 g/mol. The molecule has 0 radical (unpaired) electrons. The molecule has 1 unspecified atom stereocenters. The summed E-state index contributed by atoms with van der Waals surface area (Å²) in [5.41, 5.74) is 6.68. The van der Waals surface area contributed by atoms with Gasteiger partial charge in [0.15, 0.2) is 0 Å². The van der Waals surface area contributed by atoms with Gasteiger partial charge in [-0.1, -0.05) is 12.1 Å². The Labute approximate surface area is 97.7 Å². The van der Waals surface area contributed by atoms with Gasteiger partial charge in [-0.3, -0.25) is 0 Å². The molecule has 90 valence electrons. The topological polar surface area (TPSA) is 58.3 Å². The Kier molecular flexibility index (Phi) is 5.90. The third-order valence-corrected chi connectivity index (χ3v) is 2.60. The zero-order valence-corrected chi connectivity index (χ0v) is 9.95. The van der Waals surface area contributed by atoms with Gasteiger partial charge in [-0.25, -0.2) is 0 Å². The van der Waals surface area contributed by atoms with E-state index >= 15 is 0 Å². The highest BCUT2D eigenvalue weighted by Gasteiger charge is 2.02. The van der Waals surface area contributed by atoms with E-state index in [-0.39, 0.29) is 0 Å². The predicted octanol–water partition coefficient (Wildman–Crippen LogP) is 1.65. The lowest BCUT2D eigenvalue weighted by molar-refractivity contribution is 0.474. The number of phenols is 1. The molecule has 0 saturated carbocycles. The van der Waals surface area contributed by atoms with Gasteiger partial charge >= 0.3 is 0 Å². The van der Waals surface area contributed by atoms with Crippen LogP contribution >= 0.6 is 0 Å². The van der Waals surface area contributed by atoms with E-state index in [0.29, 0.717) is 11.8 Å². The third kappa shape index (κ3) is 5.14. The summed E-state index contributed by atoms with van der Waals surface area (Å²) < 4.78 is 0. The van der Waals surface area contributed by atoms with Gasteiger partial charge < -0.3 is 16.2 Å². The highest BCUT2D eigenvalue weighted by molar-refractivity contribution is 5.26. The van der Waals surface area contributed by atoms with Crippen molar-refractivity contribution >= 4 is 0 Å². The highest BCUT2D eigenvalue weighted by Crippen LogP contribution is 2.11. The zero-order valence-electron chi connectivity index (χ0n) is 9.95. The fourth-order valence-electron chi connectivity index (χ4n) is 1.68. The van der Waals surface area contributed by atoms with Crippen LogP contribution in [-0.2, 0) is 6.42 Å². The van der Waals surface area contributed by atoms with Crippen LogP contribution in [0.4, 0.5) is 0 Å². The first-order valence-corrected chi connectivity index (χ1v) is 5.93. The SMILES string of the molecule is CC(Cc1ccc(O)cc1)NCCCCN. The molecular weight excluding hydrogens is 200 g/mol. The maximum atomic E-state index is 9.16. The Morgan fingerprint density at radius 2 is 1.94 bits per heavy atom. The van der Waals surface area contributed by atoms with Crippen LogP contribution in [0.15, 0.2) is 24.3 Å². The Balaban J connectivity index is 2.23. The molecule has 1 atom stereocenters. The maximum absolute atomic E-state index is 9.16. The van der Waals surface area contributed by atoms with Gasteiger partial charge in [0.2, 0.25) is 0 Å². The Morgan fingerprint density at radius 3 is 2.56 bits per heavy atom. The molecule has 1 aromatic rings. The zero-order chi connectivity index (χ0) is 11.8. The van der Waals surface area contributed by atoms with Crippen LogP contribution in [0.2, 0.25) is 0 Å². The summed E-state index contributed by atoms with van der Waals surface area (Å²) in [5, 5.41) is 12.6. The van der Waals surface area contributed by atoms with Crippen molar-refractivity contribution in [1.29, 1.82) is 0 Å². The number of nitrogens with two attached hydrogens (primary N) is 1. The third-order valence-electron chi connectivity index (χ3n) is 2.60. The highest BCUT2D eigenvalue weighted by atomic mass is 16.3. The van der Waals surface area contributed by atoms with E-state index in [1.807, 2.05) is 12.1 Å². The average Bonchev–Trinajstić information content (AvgIpc) is 2.28. The van der Waals surface area contributed by atoms with E-state index in [1.165, 1.54) is 5.56 Å². The Hall–Kier alpha value is -1.06. The number of phenolic OH excluding ortho intramolecular Hbond substituents is 1. The number of hydrogen-bond acceptors (Lipinski definition) is 3. The molecule has 0 amide bonds. The van der Waals surface area contributed by atoms with Gasteiger partial charge in [-0.05, 0) is 57.0 Å². The second-order valence-electron chi connectivity index (χ2n) is 4.22. The molecule has 1 aromatic carbocycles. The van der Waals surface area contributed by atoms with Gasteiger partial charge in [-0.15, -0.1) is 0 Å². The molecule has 0 fully saturated rings. The van der Waals surface area contributed by atoms with Crippen LogP contribution in [0.25, 0.3) is 0 Å². The molecule has 0 aromatic heterocycles. The summed E-state index contributed by atoms with van der Waals surface area (Å²) in [6, 6.07) is 7.86. The number of hydrogen-bond donors (Lipinski definition) is 3. The molecule has 0 aliphatic carbocycles. The minimum Gasteiger partial charge on any atom is -0.508 e. The number of nitrogens with one attached hydrogen (secondary N) is 1. The summed E-state index contributed by atoms with van der Waals surface area (Å²) in [5.74, 6) is 0.326. The first-order valence-electron chi connectivity index (χ1n) is 5.93. The van der Waals surface area contributed by atoms with Crippen LogP contribution in [-0.4, -0.2) is 24.2 Å². The van der Waals surface area contributed by atoms with Crippen molar-refractivity contribution in [3.8, 4) is 5.75 Å². The lowest BCUT2D eigenvalue weighted by Gasteiger charge is -2.13. The average molecular weight is 222 g/mol. The van der Waals surface area contributed by atoms with E-state index in [2.05, 4.69) is 12.2 Å². The standard InChI is InChI=1S/C13H22N2O/c1-11(15-9-3-2-8-14)10-12-4-6-13(16)7-5-12/h4-7,11,15-16H,2-3,8-10,14H2,1H3. The lowest BCUT2D eigenvalue weighted by Crippen LogP contribution is -2.29. The van der Waals surface area contributed by atoms with Crippen molar-refractivity contribution in [2.45, 2.75) is 32.2 Å². The van der Waals surface area contributed by atoms with E-state index in [1.54, 1.807) is 12.1 Å². The van der Waals surface area contributed by atoms with Gasteiger partial charge in [0.1, 0.15) is 5.75 Å². The van der Waals surface area contributed by atoms with Crippen LogP contribution < -0.4 is 11.1 Å². The molecule has 0 heterocycles. The molecule has 0 bridgehead atoms. The molecule has 4 N–H and O–H groups in total. The van der Waals surface area contributed by atoms with E-state index < -0.39 is 0 Å². The van der Waals surface area contributed by atoms with Gasteiger partial charge in [0, 0.05) is 6.04 Å². The minimum atomic E-state index is 0.326. The predicted molar refractivity (Wildman–Crippen MR) is 67.6 cm³/mol. The van der Waals surface area contributed by atoms with Crippen molar-refractivity contribution in [1.82, 2.24) is 5.32 Å². The molecule has 3 heteroatoms. The fraction of sp³-hybridized carbons (Fsp3) is 0.538. The molecule has 16 heavy (non-hydrogen) atoms. The molecule has 1 rings (SSSR count). The largest absolute Gasteiger partial charge is 0.508 e. The summed E-state index contributed by atoms with van der Waals surface area (Å²) in [6.07, 6.45) is 3.21. The van der Waals surface area contributed by atoms with E-state index in [4.69, 9.17) is 10.8 Å². The summed E-state index contributed by atoms with van der Waals surface area (Å²) in [4.78, 5) is 0. The first-order chi connectivity index (χ1) is 7.72. The minimum absolute atomic E-state index is 0.326. The van der Waals surface area contributed by atoms with Crippen LogP contribution in [0.1, 0.15) is 25.3 Å². The smallest absolute Gasteiger partial charge is 0.115 e. The Bertz CT molecular complexity index is 284. The van der Waals surface area contributed by atoms with Crippen molar-refractivity contribution in [2.75, 3.05) is 13.1 Å². The van der Waals surface area contributed by atoms with Crippen LogP contribution in [0.3, 0.4) is 0 Å². The quantitative estimate of drug-likeness (QED) is 0.615. The van der Waals surface area contributed by atoms with Gasteiger partial charge in [-0.2, -0.15) is 0 Å². The number of unbranched alkanes of at least 4 members (excludes halogenated alkanes) is 1. The molecule has 0 aliphatic rings. The van der Waals surface area contributed by atoms with Crippen molar-refractivity contribution in [3.63, 3.8) is 0 Å².